The van der Waals surface area contributed by atoms with Crippen LogP contribution in [-0.2, 0) is 4.79 Å². The fourth-order valence-corrected chi connectivity index (χ4v) is 1.69. The molecular weight excluding hydrogens is 200 g/mol. The van der Waals surface area contributed by atoms with Crippen LogP contribution in [-0.4, -0.2) is 11.1 Å². The predicted molar refractivity (Wildman–Crippen MR) is 68.4 cm³/mol. The van der Waals surface area contributed by atoms with Gasteiger partial charge in [-0.3, -0.25) is 0 Å². The third-order valence-corrected chi connectivity index (χ3v) is 3.12. The Hall–Kier alpha value is -0.790. The fourth-order valence-electron chi connectivity index (χ4n) is 1.69. The van der Waals surface area contributed by atoms with Crippen LogP contribution in [0.2, 0.25) is 0 Å². The van der Waals surface area contributed by atoms with Crippen molar-refractivity contribution in [2.75, 3.05) is 0 Å². The molecule has 0 aromatic carbocycles. The summed E-state index contributed by atoms with van der Waals surface area (Å²) in [5, 5.41) is 8.78. The molecule has 0 aromatic heterocycles. The van der Waals surface area contributed by atoms with Crippen molar-refractivity contribution in [1.82, 2.24) is 0 Å². The van der Waals surface area contributed by atoms with Gasteiger partial charge >= 0.3 is 5.97 Å². The minimum absolute atomic E-state index is 0.468. The second kappa shape index (κ2) is 7.48. The standard InChI is InChI=1S/C14H26O2/c1-10(2)6-8-13(11(3)4)9-7-12(5)14(15)16/h7,10-11,13H,6,8-9H2,1-5H3,(H,15,16). The van der Waals surface area contributed by atoms with E-state index in [2.05, 4.69) is 27.7 Å². The van der Waals surface area contributed by atoms with E-state index in [1.54, 1.807) is 6.92 Å². The zero-order valence-corrected chi connectivity index (χ0v) is 11.3. The maximum absolute atomic E-state index is 10.7. The summed E-state index contributed by atoms with van der Waals surface area (Å²) in [5.74, 6) is 1.16. The zero-order valence-electron chi connectivity index (χ0n) is 11.3. The second-order valence-electron chi connectivity index (χ2n) is 5.40. The molecule has 0 aromatic rings. The number of aliphatic carboxylic acids is 1. The first-order chi connectivity index (χ1) is 7.34. The Morgan fingerprint density at radius 2 is 1.75 bits per heavy atom. The molecule has 2 nitrogen and oxygen atoms in total. The van der Waals surface area contributed by atoms with E-state index in [-0.39, 0.29) is 0 Å². The van der Waals surface area contributed by atoms with Crippen LogP contribution in [0.3, 0.4) is 0 Å². The Morgan fingerprint density at radius 3 is 2.12 bits per heavy atom. The highest BCUT2D eigenvalue weighted by Gasteiger charge is 2.13. The number of carboxylic acids is 1. The smallest absolute Gasteiger partial charge is 0.330 e. The third-order valence-electron chi connectivity index (χ3n) is 3.12. The molecule has 0 spiro atoms. The largest absolute Gasteiger partial charge is 0.478 e. The van der Waals surface area contributed by atoms with Crippen LogP contribution in [0.4, 0.5) is 0 Å². The Morgan fingerprint density at radius 1 is 1.19 bits per heavy atom. The van der Waals surface area contributed by atoms with E-state index in [1.165, 1.54) is 12.8 Å². The first-order valence-corrected chi connectivity index (χ1v) is 6.24. The average molecular weight is 226 g/mol. The molecule has 94 valence electrons. The molecule has 1 unspecified atom stereocenters. The summed E-state index contributed by atoms with van der Waals surface area (Å²) in [6, 6.07) is 0. The van der Waals surface area contributed by atoms with E-state index in [0.717, 1.165) is 12.3 Å². The van der Waals surface area contributed by atoms with Crippen molar-refractivity contribution in [2.45, 2.75) is 53.9 Å². The summed E-state index contributed by atoms with van der Waals surface area (Å²) < 4.78 is 0. The molecule has 0 radical (unpaired) electrons. The Kier molecular flexibility index (Phi) is 7.11. The van der Waals surface area contributed by atoms with E-state index in [9.17, 15) is 4.79 Å². The number of allylic oxidation sites excluding steroid dienone is 1. The SMILES string of the molecule is CC(=CCC(CCC(C)C)C(C)C)C(=O)O. The highest BCUT2D eigenvalue weighted by Crippen LogP contribution is 2.24. The monoisotopic (exact) mass is 226 g/mol. The normalized spacial score (nSPS) is 14.6. The summed E-state index contributed by atoms with van der Waals surface area (Å²) in [7, 11) is 0. The highest BCUT2D eigenvalue weighted by molar-refractivity contribution is 5.85. The minimum atomic E-state index is -0.800. The van der Waals surface area contributed by atoms with E-state index in [4.69, 9.17) is 5.11 Å². The summed E-state index contributed by atoms with van der Waals surface area (Å²) >= 11 is 0. The average Bonchev–Trinajstić information content (AvgIpc) is 2.15. The first kappa shape index (κ1) is 15.2. The molecule has 0 amide bonds. The molecule has 1 N–H and O–H groups in total. The van der Waals surface area contributed by atoms with Crippen molar-refractivity contribution in [2.24, 2.45) is 17.8 Å². The van der Waals surface area contributed by atoms with Crippen LogP contribution < -0.4 is 0 Å². The molecule has 1 atom stereocenters. The highest BCUT2D eigenvalue weighted by atomic mass is 16.4. The molecule has 0 heterocycles. The van der Waals surface area contributed by atoms with E-state index in [1.807, 2.05) is 6.08 Å². The van der Waals surface area contributed by atoms with Crippen LogP contribution >= 0.6 is 0 Å². The van der Waals surface area contributed by atoms with Crippen molar-refractivity contribution in [3.05, 3.63) is 11.6 Å². The molecular formula is C14H26O2. The Balaban J connectivity index is 4.24. The van der Waals surface area contributed by atoms with Gasteiger partial charge in [-0.1, -0.05) is 40.2 Å². The Bertz CT molecular complexity index is 239. The molecule has 0 saturated carbocycles. The summed E-state index contributed by atoms with van der Waals surface area (Å²) in [5.41, 5.74) is 0.468. The van der Waals surface area contributed by atoms with Crippen LogP contribution in [0, 0.1) is 17.8 Å². The van der Waals surface area contributed by atoms with Crippen molar-refractivity contribution >= 4 is 5.97 Å². The van der Waals surface area contributed by atoms with Gasteiger partial charge < -0.3 is 5.11 Å². The predicted octanol–water partition coefficient (Wildman–Crippen LogP) is 4.12. The van der Waals surface area contributed by atoms with Crippen LogP contribution in [0.25, 0.3) is 0 Å². The molecule has 2 heteroatoms. The lowest BCUT2D eigenvalue weighted by Crippen LogP contribution is -2.10. The minimum Gasteiger partial charge on any atom is -0.478 e. The van der Waals surface area contributed by atoms with Crippen LogP contribution in [0.15, 0.2) is 11.6 Å². The lowest BCUT2D eigenvalue weighted by molar-refractivity contribution is -0.132. The lowest BCUT2D eigenvalue weighted by Gasteiger charge is -2.20. The van der Waals surface area contributed by atoms with Gasteiger partial charge in [-0.05, 0) is 37.5 Å². The Labute approximate surface area is 99.7 Å². The van der Waals surface area contributed by atoms with Crippen molar-refractivity contribution in [3.63, 3.8) is 0 Å². The molecule has 16 heavy (non-hydrogen) atoms. The van der Waals surface area contributed by atoms with E-state index in [0.29, 0.717) is 17.4 Å². The summed E-state index contributed by atoms with van der Waals surface area (Å²) in [4.78, 5) is 10.7. The van der Waals surface area contributed by atoms with Gasteiger partial charge in [-0.2, -0.15) is 0 Å². The first-order valence-electron chi connectivity index (χ1n) is 6.24. The van der Waals surface area contributed by atoms with Crippen molar-refractivity contribution in [3.8, 4) is 0 Å². The van der Waals surface area contributed by atoms with Crippen molar-refractivity contribution < 1.29 is 9.90 Å². The summed E-state index contributed by atoms with van der Waals surface area (Å²) in [6.45, 7) is 10.6. The van der Waals surface area contributed by atoms with Crippen molar-refractivity contribution in [1.29, 1.82) is 0 Å². The van der Waals surface area contributed by atoms with Gasteiger partial charge in [0.1, 0.15) is 0 Å². The van der Waals surface area contributed by atoms with Gasteiger partial charge in [0, 0.05) is 5.57 Å². The molecule has 0 aliphatic carbocycles. The maximum Gasteiger partial charge on any atom is 0.330 e. The fraction of sp³-hybridized carbons (Fsp3) is 0.786. The second-order valence-corrected chi connectivity index (χ2v) is 5.40. The topological polar surface area (TPSA) is 37.3 Å². The molecule has 0 aliphatic heterocycles. The summed E-state index contributed by atoms with van der Waals surface area (Å²) in [6.07, 6.45) is 5.18. The number of hydrogen-bond acceptors (Lipinski definition) is 1. The molecule has 0 fully saturated rings. The molecule has 0 bridgehead atoms. The quantitative estimate of drug-likeness (QED) is 0.663. The van der Waals surface area contributed by atoms with Crippen LogP contribution in [0.1, 0.15) is 53.9 Å². The molecule has 0 aliphatic rings. The lowest BCUT2D eigenvalue weighted by atomic mass is 9.86. The zero-order chi connectivity index (χ0) is 12.7. The van der Waals surface area contributed by atoms with Gasteiger partial charge in [0.15, 0.2) is 0 Å². The van der Waals surface area contributed by atoms with Gasteiger partial charge in [-0.25, -0.2) is 4.79 Å². The number of rotatable bonds is 7. The van der Waals surface area contributed by atoms with Gasteiger partial charge in [0.25, 0.3) is 0 Å². The maximum atomic E-state index is 10.7. The van der Waals surface area contributed by atoms with E-state index < -0.39 is 5.97 Å². The van der Waals surface area contributed by atoms with E-state index >= 15 is 0 Å². The molecule has 0 rings (SSSR count). The van der Waals surface area contributed by atoms with Crippen LogP contribution in [0.5, 0.6) is 0 Å². The van der Waals surface area contributed by atoms with Gasteiger partial charge in [0.2, 0.25) is 0 Å². The molecule has 0 saturated heterocycles. The van der Waals surface area contributed by atoms with Gasteiger partial charge in [-0.15, -0.1) is 0 Å². The number of carboxylic acid groups (broad SMARTS) is 1. The third kappa shape index (κ3) is 6.65. The van der Waals surface area contributed by atoms with Gasteiger partial charge in [0.05, 0.1) is 0 Å². The number of hydrogen-bond donors (Lipinski definition) is 1. The number of carbonyl (C=O) groups is 1.